The minimum Gasteiger partial charge on any atom is -0.292 e. The van der Waals surface area contributed by atoms with Crippen molar-refractivity contribution in [1.82, 2.24) is 4.90 Å². The molecule has 1 fully saturated rings. The average molecular weight is 260 g/mol. The van der Waals surface area contributed by atoms with Crippen molar-refractivity contribution in [3.8, 4) is 6.07 Å². The van der Waals surface area contributed by atoms with Crippen molar-refractivity contribution >= 4 is 11.3 Å². The number of nitrogens with zero attached hydrogens (tertiary/aromatic N) is 2. The molecule has 2 heterocycles. The van der Waals surface area contributed by atoms with E-state index in [0.29, 0.717) is 12.1 Å². The lowest BCUT2D eigenvalue weighted by Gasteiger charge is -2.43. The molecule has 18 heavy (non-hydrogen) atoms. The molecule has 0 saturated heterocycles. The van der Waals surface area contributed by atoms with Crippen molar-refractivity contribution < 1.29 is 0 Å². The second-order valence-electron chi connectivity index (χ2n) is 5.55. The third-order valence-electron chi connectivity index (χ3n) is 4.65. The fourth-order valence-electron chi connectivity index (χ4n) is 3.64. The molecule has 1 aromatic heterocycles. The van der Waals surface area contributed by atoms with Crippen molar-refractivity contribution in [3.05, 3.63) is 21.9 Å². The van der Waals surface area contributed by atoms with Crippen LogP contribution in [0, 0.1) is 17.2 Å². The molecule has 3 rings (SSSR count). The van der Waals surface area contributed by atoms with E-state index in [0.717, 1.165) is 13.0 Å². The second-order valence-corrected chi connectivity index (χ2v) is 6.55. The Morgan fingerprint density at radius 2 is 2.22 bits per heavy atom. The van der Waals surface area contributed by atoms with Gasteiger partial charge in [0.25, 0.3) is 0 Å². The molecule has 0 radical (unpaired) electrons. The first-order valence-electron chi connectivity index (χ1n) is 7.03. The van der Waals surface area contributed by atoms with Crippen LogP contribution in [-0.2, 0) is 6.42 Å². The van der Waals surface area contributed by atoms with Gasteiger partial charge in [-0.2, -0.15) is 5.26 Å². The molecule has 0 aromatic carbocycles. The molecule has 3 unspecified atom stereocenters. The van der Waals surface area contributed by atoms with Crippen LogP contribution in [0.4, 0.5) is 0 Å². The second kappa shape index (κ2) is 5.03. The van der Waals surface area contributed by atoms with E-state index >= 15 is 0 Å². The fraction of sp³-hybridized carbons (Fsp3) is 0.667. The smallest absolute Gasteiger partial charge is 0.0672 e. The van der Waals surface area contributed by atoms with Gasteiger partial charge in [0.05, 0.1) is 12.0 Å². The Labute approximate surface area is 113 Å². The molecule has 1 aliphatic heterocycles. The molecule has 0 amide bonds. The van der Waals surface area contributed by atoms with Gasteiger partial charge in [0.15, 0.2) is 0 Å². The standard InChI is InChI=1S/C15H20N2S/c1-11-13-7-9-18-15(13)6-8-17(11)14-5-3-2-4-12(14)10-16/h7,9,11-12,14H,2-6,8H2,1H3. The Balaban J connectivity index is 1.83. The predicted molar refractivity (Wildman–Crippen MR) is 74.5 cm³/mol. The van der Waals surface area contributed by atoms with E-state index in [2.05, 4.69) is 29.3 Å². The minimum atomic E-state index is 0.251. The van der Waals surface area contributed by atoms with Gasteiger partial charge in [-0.15, -0.1) is 11.3 Å². The first-order chi connectivity index (χ1) is 8.81. The van der Waals surface area contributed by atoms with E-state index in [-0.39, 0.29) is 5.92 Å². The lowest BCUT2D eigenvalue weighted by atomic mass is 9.82. The zero-order valence-electron chi connectivity index (χ0n) is 10.9. The third-order valence-corrected chi connectivity index (χ3v) is 5.64. The molecule has 0 bridgehead atoms. The summed E-state index contributed by atoms with van der Waals surface area (Å²) in [6.07, 6.45) is 6.01. The van der Waals surface area contributed by atoms with Gasteiger partial charge in [-0.1, -0.05) is 12.8 Å². The van der Waals surface area contributed by atoms with Crippen LogP contribution in [0.2, 0.25) is 0 Å². The molecule has 2 aliphatic rings. The average Bonchev–Trinajstić information content (AvgIpc) is 2.88. The lowest BCUT2D eigenvalue weighted by Crippen LogP contribution is -2.46. The Kier molecular flexibility index (Phi) is 3.41. The van der Waals surface area contributed by atoms with Gasteiger partial charge in [-0.25, -0.2) is 0 Å². The summed E-state index contributed by atoms with van der Waals surface area (Å²) in [5.41, 5.74) is 1.51. The molecular weight excluding hydrogens is 240 g/mol. The summed E-state index contributed by atoms with van der Waals surface area (Å²) in [6, 6.07) is 5.82. The van der Waals surface area contributed by atoms with Crippen molar-refractivity contribution in [2.24, 2.45) is 5.92 Å². The molecule has 1 aliphatic carbocycles. The number of nitriles is 1. The van der Waals surface area contributed by atoms with Crippen LogP contribution in [0.5, 0.6) is 0 Å². The van der Waals surface area contributed by atoms with E-state index in [1.807, 2.05) is 11.3 Å². The molecule has 0 spiro atoms. The normalized spacial score (nSPS) is 32.8. The summed E-state index contributed by atoms with van der Waals surface area (Å²) in [5.74, 6) is 0.251. The van der Waals surface area contributed by atoms with Crippen LogP contribution < -0.4 is 0 Å². The van der Waals surface area contributed by atoms with E-state index in [9.17, 15) is 5.26 Å². The molecule has 3 atom stereocenters. The highest BCUT2D eigenvalue weighted by molar-refractivity contribution is 7.10. The predicted octanol–water partition coefficient (Wildman–Crippen LogP) is 3.75. The van der Waals surface area contributed by atoms with Crippen LogP contribution in [-0.4, -0.2) is 17.5 Å². The summed E-state index contributed by atoms with van der Waals surface area (Å²) in [7, 11) is 0. The van der Waals surface area contributed by atoms with Crippen LogP contribution in [0.3, 0.4) is 0 Å². The van der Waals surface area contributed by atoms with Gasteiger partial charge in [-0.05, 0) is 43.2 Å². The SMILES string of the molecule is CC1c2ccsc2CCN1C1CCCCC1C#N. The molecule has 1 saturated carbocycles. The highest BCUT2D eigenvalue weighted by atomic mass is 32.1. The summed E-state index contributed by atoms with van der Waals surface area (Å²) in [6.45, 7) is 3.45. The van der Waals surface area contributed by atoms with Crippen LogP contribution in [0.25, 0.3) is 0 Å². The van der Waals surface area contributed by atoms with Crippen LogP contribution >= 0.6 is 11.3 Å². The summed E-state index contributed by atoms with van der Waals surface area (Å²) < 4.78 is 0. The van der Waals surface area contributed by atoms with E-state index in [1.165, 1.54) is 31.2 Å². The van der Waals surface area contributed by atoms with Crippen molar-refractivity contribution in [2.75, 3.05) is 6.54 Å². The van der Waals surface area contributed by atoms with Gasteiger partial charge in [0.2, 0.25) is 0 Å². The molecule has 3 heteroatoms. The third kappa shape index (κ3) is 1.98. The first-order valence-corrected chi connectivity index (χ1v) is 7.91. The molecule has 96 valence electrons. The van der Waals surface area contributed by atoms with Gasteiger partial charge >= 0.3 is 0 Å². The Morgan fingerprint density at radius 1 is 1.39 bits per heavy atom. The van der Waals surface area contributed by atoms with Gasteiger partial charge in [0, 0.05) is 23.5 Å². The summed E-state index contributed by atoms with van der Waals surface area (Å²) >= 11 is 1.89. The number of hydrogen-bond donors (Lipinski definition) is 0. The lowest BCUT2D eigenvalue weighted by molar-refractivity contribution is 0.0819. The number of fused-ring (bicyclic) bond motifs is 1. The van der Waals surface area contributed by atoms with Crippen molar-refractivity contribution in [1.29, 1.82) is 5.26 Å². The van der Waals surface area contributed by atoms with Gasteiger partial charge in [-0.3, -0.25) is 4.90 Å². The Morgan fingerprint density at radius 3 is 3.06 bits per heavy atom. The number of rotatable bonds is 1. The largest absolute Gasteiger partial charge is 0.292 e. The zero-order chi connectivity index (χ0) is 12.5. The molecular formula is C15H20N2S. The van der Waals surface area contributed by atoms with E-state index in [4.69, 9.17) is 0 Å². The van der Waals surface area contributed by atoms with E-state index < -0.39 is 0 Å². The van der Waals surface area contributed by atoms with Crippen molar-refractivity contribution in [2.45, 2.75) is 51.1 Å². The van der Waals surface area contributed by atoms with Gasteiger partial charge in [0.1, 0.15) is 0 Å². The zero-order valence-corrected chi connectivity index (χ0v) is 11.7. The summed E-state index contributed by atoms with van der Waals surface area (Å²) in [4.78, 5) is 4.16. The quantitative estimate of drug-likeness (QED) is 0.769. The maximum absolute atomic E-state index is 9.36. The molecule has 2 nitrogen and oxygen atoms in total. The first kappa shape index (κ1) is 12.2. The highest BCUT2D eigenvalue weighted by Gasteiger charge is 2.35. The molecule has 1 aromatic rings. The Hall–Kier alpha value is -0.850. The fourth-order valence-corrected chi connectivity index (χ4v) is 4.60. The highest BCUT2D eigenvalue weighted by Crippen LogP contribution is 2.38. The van der Waals surface area contributed by atoms with Crippen LogP contribution in [0.1, 0.15) is 49.1 Å². The minimum absolute atomic E-state index is 0.251. The van der Waals surface area contributed by atoms with Crippen LogP contribution in [0.15, 0.2) is 11.4 Å². The van der Waals surface area contributed by atoms with Gasteiger partial charge < -0.3 is 0 Å². The number of hydrogen-bond acceptors (Lipinski definition) is 3. The maximum Gasteiger partial charge on any atom is 0.0672 e. The number of thiophene rings is 1. The van der Waals surface area contributed by atoms with Crippen molar-refractivity contribution in [3.63, 3.8) is 0 Å². The summed E-state index contributed by atoms with van der Waals surface area (Å²) in [5, 5.41) is 11.6. The maximum atomic E-state index is 9.36. The molecule has 0 N–H and O–H groups in total. The Bertz CT molecular complexity index is 459. The topological polar surface area (TPSA) is 27.0 Å². The monoisotopic (exact) mass is 260 g/mol. The van der Waals surface area contributed by atoms with E-state index in [1.54, 1.807) is 4.88 Å².